The van der Waals surface area contributed by atoms with Crippen LogP contribution in [0.2, 0.25) is 0 Å². The predicted molar refractivity (Wildman–Crippen MR) is 273 cm³/mol. The van der Waals surface area contributed by atoms with Crippen LogP contribution in [0.3, 0.4) is 0 Å². The Labute approximate surface area is 376 Å². The summed E-state index contributed by atoms with van der Waals surface area (Å²) in [5.41, 5.74) is 9.41. The first-order valence-corrected chi connectivity index (χ1v) is 22.7. The Morgan fingerprint density at radius 1 is 0.323 bits per heavy atom. The van der Waals surface area contributed by atoms with Crippen LogP contribution in [0.5, 0.6) is 0 Å². The van der Waals surface area contributed by atoms with Crippen molar-refractivity contribution in [3.05, 3.63) is 212 Å². The van der Waals surface area contributed by atoms with E-state index in [2.05, 4.69) is 221 Å². The van der Waals surface area contributed by atoms with Gasteiger partial charge in [0.2, 0.25) is 0 Å². The molecular weight excluding hydrogens is 811 g/mol. The zero-order valence-corrected chi connectivity index (χ0v) is 35.7. The number of nitrogens with zero attached hydrogens (tertiary/aromatic N) is 5. The number of aromatic nitrogens is 5. The maximum absolute atomic E-state index is 5.61. The van der Waals surface area contributed by atoms with Crippen LogP contribution in [0.15, 0.2) is 212 Å². The number of para-hydroxylation sites is 3. The van der Waals surface area contributed by atoms with Crippen molar-refractivity contribution in [2.75, 3.05) is 0 Å². The van der Waals surface area contributed by atoms with E-state index in [9.17, 15) is 0 Å². The van der Waals surface area contributed by atoms with Crippen LogP contribution in [-0.2, 0) is 0 Å². The molecule has 0 bridgehead atoms. The maximum Gasteiger partial charge on any atom is 0.166 e. The average Bonchev–Trinajstić information content (AvgIpc) is 4.02. The van der Waals surface area contributed by atoms with Gasteiger partial charge in [0.1, 0.15) is 0 Å². The van der Waals surface area contributed by atoms with Crippen LogP contribution in [-0.4, -0.2) is 24.1 Å². The van der Waals surface area contributed by atoms with E-state index in [0.29, 0.717) is 17.5 Å². The molecule has 0 atom stereocenters. The molecule has 0 fully saturated rings. The van der Waals surface area contributed by atoms with Gasteiger partial charge in [-0.2, -0.15) is 0 Å². The van der Waals surface area contributed by atoms with Crippen molar-refractivity contribution in [1.82, 2.24) is 24.1 Å². The fourth-order valence-electron chi connectivity index (χ4n) is 10.2. The third-order valence-corrected chi connectivity index (χ3v) is 14.2. The van der Waals surface area contributed by atoms with E-state index in [-0.39, 0.29) is 0 Å². The summed E-state index contributed by atoms with van der Waals surface area (Å²) < 4.78 is 7.23. The molecule has 0 N–H and O–H groups in total. The molecule has 14 aromatic rings. The molecule has 6 heteroatoms. The van der Waals surface area contributed by atoms with E-state index in [1.807, 2.05) is 11.3 Å². The van der Waals surface area contributed by atoms with Gasteiger partial charge in [0.25, 0.3) is 0 Å². The Kier molecular flexibility index (Phi) is 7.79. The van der Waals surface area contributed by atoms with Crippen molar-refractivity contribution in [3.8, 4) is 45.5 Å². The highest BCUT2D eigenvalue weighted by molar-refractivity contribution is 7.25. The third kappa shape index (κ3) is 5.54. The highest BCUT2D eigenvalue weighted by Crippen LogP contribution is 2.44. The van der Waals surface area contributed by atoms with E-state index in [4.69, 9.17) is 15.0 Å². The van der Waals surface area contributed by atoms with Gasteiger partial charge in [-0.25, -0.2) is 15.0 Å². The predicted octanol–water partition coefficient (Wildman–Crippen LogP) is 15.7. The smallest absolute Gasteiger partial charge is 0.166 e. The molecule has 65 heavy (non-hydrogen) atoms. The molecule has 0 aliphatic carbocycles. The lowest BCUT2D eigenvalue weighted by atomic mass is 10.0. The molecule has 0 saturated heterocycles. The molecule has 4 heterocycles. The Bertz CT molecular complexity index is 4250. The van der Waals surface area contributed by atoms with Crippen LogP contribution in [0, 0.1) is 0 Å². The Morgan fingerprint density at radius 3 is 1.75 bits per heavy atom. The van der Waals surface area contributed by atoms with Gasteiger partial charge in [0.15, 0.2) is 17.5 Å². The minimum absolute atomic E-state index is 0.612. The van der Waals surface area contributed by atoms with Crippen LogP contribution >= 0.6 is 11.3 Å². The highest BCUT2D eigenvalue weighted by Gasteiger charge is 2.24. The first kappa shape index (κ1) is 36.1. The van der Waals surface area contributed by atoms with Crippen molar-refractivity contribution in [1.29, 1.82) is 0 Å². The first-order valence-electron chi connectivity index (χ1n) is 21.9. The van der Waals surface area contributed by atoms with Gasteiger partial charge in [-0.3, -0.25) is 0 Å². The van der Waals surface area contributed by atoms with Crippen molar-refractivity contribution < 1.29 is 0 Å². The monoisotopic (exact) mass is 845 g/mol. The Morgan fingerprint density at radius 2 is 0.938 bits per heavy atom. The lowest BCUT2D eigenvalue weighted by Crippen LogP contribution is -2.04. The molecular formula is C59H35N5S. The molecule has 0 aliphatic heterocycles. The molecule has 0 amide bonds. The summed E-state index contributed by atoms with van der Waals surface area (Å²) in [6, 6.07) is 76.2. The topological polar surface area (TPSA) is 48.5 Å². The molecule has 0 unspecified atom stereocenters. The fraction of sp³-hybridized carbons (Fsp3) is 0. The lowest BCUT2D eigenvalue weighted by molar-refractivity contribution is 1.07. The summed E-state index contributed by atoms with van der Waals surface area (Å²) in [5.74, 6) is 1.85. The zero-order chi connectivity index (χ0) is 42.6. The minimum Gasteiger partial charge on any atom is -0.309 e. The third-order valence-electron chi connectivity index (χ3n) is 13.1. The molecule has 0 spiro atoms. The molecule has 10 aromatic carbocycles. The summed E-state index contributed by atoms with van der Waals surface area (Å²) >= 11 is 1.83. The van der Waals surface area contributed by atoms with E-state index in [1.54, 1.807) is 0 Å². The van der Waals surface area contributed by atoms with Gasteiger partial charge in [-0.05, 0) is 88.3 Å². The van der Waals surface area contributed by atoms with Crippen LogP contribution in [0.4, 0.5) is 0 Å². The summed E-state index contributed by atoms with van der Waals surface area (Å²) in [6.07, 6.45) is 0. The van der Waals surface area contributed by atoms with Crippen LogP contribution in [0.1, 0.15) is 0 Å². The molecule has 0 radical (unpaired) electrons. The average molecular weight is 846 g/mol. The zero-order valence-electron chi connectivity index (χ0n) is 34.9. The molecule has 302 valence electrons. The number of hydrogen-bond acceptors (Lipinski definition) is 4. The summed E-state index contributed by atoms with van der Waals surface area (Å²) in [5, 5.41) is 11.7. The van der Waals surface area contributed by atoms with Gasteiger partial charge in [-0.15, -0.1) is 11.3 Å². The van der Waals surface area contributed by atoms with Gasteiger partial charge in [-0.1, -0.05) is 146 Å². The Balaban J connectivity index is 1.11. The van der Waals surface area contributed by atoms with Crippen LogP contribution in [0.25, 0.3) is 131 Å². The van der Waals surface area contributed by atoms with E-state index < -0.39 is 0 Å². The molecule has 4 aromatic heterocycles. The minimum atomic E-state index is 0.612. The summed E-state index contributed by atoms with van der Waals surface area (Å²) in [4.78, 5) is 16.6. The van der Waals surface area contributed by atoms with Gasteiger partial charge in [0.05, 0.1) is 27.8 Å². The van der Waals surface area contributed by atoms with Crippen molar-refractivity contribution in [2.24, 2.45) is 0 Å². The number of thiophene rings is 1. The number of hydrogen-bond donors (Lipinski definition) is 0. The second-order valence-electron chi connectivity index (χ2n) is 16.8. The maximum atomic E-state index is 5.61. The fourth-order valence-corrected chi connectivity index (χ4v) is 11.3. The lowest BCUT2D eigenvalue weighted by Gasteiger charge is -2.16. The van der Waals surface area contributed by atoms with E-state index >= 15 is 0 Å². The second-order valence-corrected chi connectivity index (χ2v) is 17.9. The van der Waals surface area contributed by atoms with Gasteiger partial charge >= 0.3 is 0 Å². The van der Waals surface area contributed by atoms with Gasteiger partial charge < -0.3 is 9.13 Å². The first-order chi connectivity index (χ1) is 32.2. The van der Waals surface area contributed by atoms with E-state index in [0.717, 1.165) is 66.3 Å². The van der Waals surface area contributed by atoms with Gasteiger partial charge in [0, 0.05) is 64.1 Å². The van der Waals surface area contributed by atoms with Crippen molar-refractivity contribution in [2.45, 2.75) is 0 Å². The standard InChI is InChI=1S/C59H35N5S/c1-2-19-41(20-3-1)63-50-26-12-9-23-44(50)56-45(24-14-27-51(56)63)58-60-57(40-30-29-36-15-4-5-16-37(36)31-40)61-59(62-58)48-34-47-43-22-10-13-28-54(43)65-55(47)35-53(48)64-49-25-11-8-21-42(49)46-32-38-17-6-7-18-39(38)33-52(46)64/h1-35H. The SMILES string of the molecule is c1ccc(-n2c3ccccc3c3c(-c4nc(-c5ccc6ccccc6c5)nc(-c5cc6c(cc5-n5c7ccccc7c7cc8ccccc8cc75)sc5ccccc56)n4)cccc32)cc1. The quantitative estimate of drug-likeness (QED) is 0.173. The molecule has 0 saturated carbocycles. The number of fused-ring (bicyclic) bond motifs is 11. The normalized spacial score (nSPS) is 12.0. The molecule has 5 nitrogen and oxygen atoms in total. The van der Waals surface area contributed by atoms with E-state index in [1.165, 1.54) is 47.1 Å². The van der Waals surface area contributed by atoms with Crippen LogP contribution < -0.4 is 0 Å². The Hall–Kier alpha value is -8.45. The van der Waals surface area contributed by atoms with Crippen molar-refractivity contribution in [3.63, 3.8) is 0 Å². The summed E-state index contributed by atoms with van der Waals surface area (Å²) in [7, 11) is 0. The highest BCUT2D eigenvalue weighted by atomic mass is 32.1. The largest absolute Gasteiger partial charge is 0.309 e. The molecule has 0 aliphatic rings. The van der Waals surface area contributed by atoms with Crippen molar-refractivity contribution >= 4 is 96.7 Å². The number of benzene rings is 10. The number of rotatable bonds is 5. The summed E-state index contributed by atoms with van der Waals surface area (Å²) in [6.45, 7) is 0. The second kappa shape index (κ2) is 14.0. The molecule has 14 rings (SSSR count).